The van der Waals surface area contributed by atoms with Crippen molar-refractivity contribution in [1.82, 2.24) is 0 Å². The van der Waals surface area contributed by atoms with Crippen LogP contribution >= 0.6 is 19.6 Å². The Morgan fingerprint density at radius 1 is 0.652 bits per heavy atom. The van der Waals surface area contributed by atoms with Crippen LogP contribution in [0.15, 0.2) is 97.2 Å². The van der Waals surface area contributed by atoms with Gasteiger partial charge in [-0.1, -0.05) is 137 Å². The molecule has 0 aromatic heterocycles. The van der Waals surface area contributed by atoms with Crippen molar-refractivity contribution in [1.29, 1.82) is 0 Å². The van der Waals surface area contributed by atoms with Gasteiger partial charge in [0.2, 0.25) is 0 Å². The van der Waals surface area contributed by atoms with Gasteiger partial charge in [0, 0.05) is 23.8 Å². The quantitative estimate of drug-likeness (QED) is 0.0109. The minimum atomic E-state index is -4.89. The highest BCUT2D eigenvalue weighted by atomic mass is 32.2. The van der Waals surface area contributed by atoms with Crippen LogP contribution in [0.1, 0.15) is 129 Å². The third-order valence-electron chi connectivity index (χ3n) is 9.32. The molecule has 0 saturated carbocycles. The van der Waals surface area contributed by atoms with E-state index in [-0.39, 0.29) is 31.4 Å². The van der Waals surface area contributed by atoms with Crippen LogP contribution in [0, 0.1) is 0 Å². The summed E-state index contributed by atoms with van der Waals surface area (Å²) in [6.45, 7) is 2.11. The van der Waals surface area contributed by atoms with Crippen LogP contribution in [0.4, 0.5) is 0 Å². The van der Waals surface area contributed by atoms with Gasteiger partial charge in [-0.2, -0.15) is 0 Å². The first kappa shape index (κ1) is 62.1. The molecule has 6 atom stereocenters. The maximum atomic E-state index is 13.2. The molecule has 0 aliphatic rings. The number of ether oxygens (including phenoxy) is 2. The number of thioether (sulfide) groups is 1. The number of allylic oxidation sites excluding steroid dienone is 15. The summed E-state index contributed by atoms with van der Waals surface area (Å²) < 4.78 is 32.8. The molecule has 0 heterocycles. The number of esters is 2. The molecule has 0 aliphatic heterocycles. The number of aliphatic carboxylic acids is 2. The molecule has 66 heavy (non-hydrogen) atoms. The van der Waals surface area contributed by atoms with E-state index < -0.39 is 81.1 Å². The molecule has 374 valence electrons. The normalized spacial score (nSPS) is 15.8. The molecule has 0 aromatic rings. The van der Waals surface area contributed by atoms with Gasteiger partial charge in [0.05, 0.1) is 19.3 Å². The Balaban J connectivity index is 5.29. The zero-order chi connectivity index (χ0) is 49.1. The van der Waals surface area contributed by atoms with Crippen molar-refractivity contribution in [2.24, 2.45) is 11.5 Å². The Kier molecular flexibility index (Phi) is 40.0. The molecule has 0 fully saturated rings. The fraction of sp³-hybridized carbons (Fsp3) is 0.592. The minimum Gasteiger partial charge on any atom is -0.481 e. The number of carbonyl (C=O) groups excluding carboxylic acids is 2. The maximum absolute atomic E-state index is 13.2. The first-order valence-electron chi connectivity index (χ1n) is 23.2. The van der Waals surface area contributed by atoms with Crippen molar-refractivity contribution in [2.75, 3.05) is 25.6 Å². The van der Waals surface area contributed by atoms with Crippen molar-refractivity contribution in [3.8, 4) is 0 Å². The second-order valence-corrected chi connectivity index (χ2v) is 18.0. The van der Waals surface area contributed by atoms with Crippen LogP contribution in [0.3, 0.4) is 0 Å². The Bertz CT molecular complexity index is 1610. The van der Waals surface area contributed by atoms with E-state index in [9.17, 15) is 33.7 Å². The monoisotopic (exact) mass is 967 g/mol. The molecule has 0 bridgehead atoms. The van der Waals surface area contributed by atoms with Crippen LogP contribution in [0.2, 0.25) is 0 Å². The number of phosphoric acid groups is 1. The van der Waals surface area contributed by atoms with Gasteiger partial charge in [-0.05, 0) is 77.0 Å². The summed E-state index contributed by atoms with van der Waals surface area (Å²) in [5.74, 6) is -4.07. The molecular formula is C49H79N2O13PS. The number of rotatable bonds is 42. The average molecular weight is 967 g/mol. The van der Waals surface area contributed by atoms with Crippen molar-refractivity contribution >= 4 is 43.5 Å². The average Bonchev–Trinajstić information content (AvgIpc) is 3.28. The Hall–Kier alpha value is -3.86. The van der Waals surface area contributed by atoms with E-state index in [1.807, 2.05) is 18.2 Å². The maximum Gasteiger partial charge on any atom is 0.472 e. The molecule has 0 aliphatic carbocycles. The number of aliphatic hydroxyl groups is 1. The van der Waals surface area contributed by atoms with E-state index in [0.717, 1.165) is 76.0 Å². The van der Waals surface area contributed by atoms with E-state index in [1.165, 1.54) is 19.3 Å². The van der Waals surface area contributed by atoms with Gasteiger partial charge >= 0.3 is 31.7 Å². The molecule has 17 heteroatoms. The van der Waals surface area contributed by atoms with Crippen molar-refractivity contribution < 1.29 is 62.5 Å². The number of unbranched alkanes of at least 4 members (excludes halogenated alkanes) is 7. The predicted molar refractivity (Wildman–Crippen MR) is 264 cm³/mol. The number of aliphatic hydroxyl groups excluding tert-OH is 1. The number of carboxylic acid groups (broad SMARTS) is 2. The molecule has 0 aromatic carbocycles. The SMILES string of the molecule is CC/C=C\C/C=C\C/C=C\C/C=C\CCCCCCC(=O)OC[C@H](COP(=O)(O)OC[C@H](N)C(=O)O)OC(=O)[C@@H](N)CS[C@H](/C=C/C=C/C=C\C/C=C\CCCCC)[C@@H](O)CCCC(=O)O. The molecule has 15 nitrogen and oxygen atoms in total. The molecule has 0 amide bonds. The molecule has 0 rings (SSSR count). The first-order chi connectivity index (χ1) is 31.7. The lowest BCUT2D eigenvalue weighted by molar-refractivity contribution is -0.161. The number of phosphoric ester groups is 1. The summed E-state index contributed by atoms with van der Waals surface area (Å²) in [4.78, 5) is 58.0. The van der Waals surface area contributed by atoms with Crippen molar-refractivity contribution in [3.05, 3.63) is 97.2 Å². The molecule has 1 unspecified atom stereocenters. The highest BCUT2D eigenvalue weighted by Gasteiger charge is 2.30. The van der Waals surface area contributed by atoms with Crippen LogP contribution in [0.5, 0.6) is 0 Å². The molecule has 0 saturated heterocycles. The van der Waals surface area contributed by atoms with E-state index in [1.54, 1.807) is 18.2 Å². The molecule has 8 N–H and O–H groups in total. The van der Waals surface area contributed by atoms with Gasteiger partial charge in [0.15, 0.2) is 6.10 Å². The zero-order valence-electron chi connectivity index (χ0n) is 39.2. The van der Waals surface area contributed by atoms with E-state index in [4.69, 9.17) is 35.7 Å². The standard InChI is InChI=1S/C49H79N2O13PS/c1-3-5-7-9-11-13-15-17-18-19-20-21-23-25-27-29-31-36-47(55)61-37-41(38-62-65(59,60)63-39-42(50)48(56)57)64-49(58)43(51)40-66-45(44(52)33-32-35-46(53)54)34-30-28-26-24-22-16-14-12-10-8-6-4-2/h5,7,11-14,17-18,20-22,24,26,28,30,34,41-45,52H,3-4,6,8-10,15-16,19,23,25,27,29,31-33,35-40,50-51H2,1-2H3,(H,53,54)(H,56,57)(H,59,60)/b7-5-,13-11-,14-12-,18-17-,21-20-,24-22-,28-26+,34-30+/t41-,42+,43+,44+,45-/m1/s1. The molecule has 0 radical (unpaired) electrons. The highest BCUT2D eigenvalue weighted by Crippen LogP contribution is 2.43. The van der Waals surface area contributed by atoms with E-state index in [0.29, 0.717) is 6.42 Å². The number of hydrogen-bond acceptors (Lipinski definition) is 13. The number of carboxylic acids is 2. The van der Waals surface area contributed by atoms with Gasteiger partial charge in [-0.3, -0.25) is 28.2 Å². The summed E-state index contributed by atoms with van der Waals surface area (Å²) in [6, 6.07) is -2.88. The summed E-state index contributed by atoms with van der Waals surface area (Å²) >= 11 is 1.14. The molecular weight excluding hydrogens is 888 g/mol. The van der Waals surface area contributed by atoms with Crippen LogP contribution < -0.4 is 11.5 Å². The number of carbonyl (C=O) groups is 4. The van der Waals surface area contributed by atoms with Gasteiger partial charge in [0.25, 0.3) is 0 Å². The lowest BCUT2D eigenvalue weighted by atomic mass is 10.1. The number of hydrogen-bond donors (Lipinski definition) is 6. The van der Waals surface area contributed by atoms with E-state index >= 15 is 0 Å². The fourth-order valence-electron chi connectivity index (χ4n) is 5.54. The van der Waals surface area contributed by atoms with Crippen LogP contribution in [0.25, 0.3) is 0 Å². The van der Waals surface area contributed by atoms with E-state index in [2.05, 4.69) is 79.1 Å². The lowest BCUT2D eigenvalue weighted by Crippen LogP contribution is -2.40. The Morgan fingerprint density at radius 3 is 1.85 bits per heavy atom. The second-order valence-electron chi connectivity index (χ2n) is 15.4. The number of nitrogens with two attached hydrogens (primary N) is 2. The smallest absolute Gasteiger partial charge is 0.472 e. The largest absolute Gasteiger partial charge is 0.481 e. The summed E-state index contributed by atoms with van der Waals surface area (Å²) in [6.07, 6.45) is 43.8. The Labute approximate surface area is 397 Å². The highest BCUT2D eigenvalue weighted by molar-refractivity contribution is 8.00. The first-order valence-corrected chi connectivity index (χ1v) is 25.7. The van der Waals surface area contributed by atoms with Gasteiger partial charge in [-0.25, -0.2) is 4.57 Å². The van der Waals surface area contributed by atoms with Crippen LogP contribution in [-0.2, 0) is 42.3 Å². The van der Waals surface area contributed by atoms with Gasteiger partial charge in [-0.15, -0.1) is 11.8 Å². The fourth-order valence-corrected chi connectivity index (χ4v) is 7.44. The third-order valence-corrected chi connectivity index (χ3v) is 11.7. The van der Waals surface area contributed by atoms with Crippen molar-refractivity contribution in [3.63, 3.8) is 0 Å². The summed E-state index contributed by atoms with van der Waals surface area (Å²) in [5.41, 5.74) is 11.5. The topological polar surface area (TPSA) is 255 Å². The van der Waals surface area contributed by atoms with Crippen LogP contribution in [-0.4, -0.2) is 99.2 Å². The summed E-state index contributed by atoms with van der Waals surface area (Å²) in [5, 5.41) is 28.4. The lowest BCUT2D eigenvalue weighted by Gasteiger charge is -2.23. The summed E-state index contributed by atoms with van der Waals surface area (Å²) in [7, 11) is -4.89. The minimum absolute atomic E-state index is 0.0532. The van der Waals surface area contributed by atoms with Crippen molar-refractivity contribution in [2.45, 2.75) is 159 Å². The zero-order valence-corrected chi connectivity index (χ0v) is 40.9. The Morgan fingerprint density at radius 2 is 1.23 bits per heavy atom. The second kappa shape index (κ2) is 42.5. The molecule has 0 spiro atoms. The van der Waals surface area contributed by atoms with Gasteiger partial charge < -0.3 is 41.2 Å². The van der Waals surface area contributed by atoms with Gasteiger partial charge in [0.1, 0.15) is 18.7 Å². The predicted octanol–water partition coefficient (Wildman–Crippen LogP) is 9.37. The third kappa shape index (κ3) is 39.3.